The van der Waals surface area contributed by atoms with Gasteiger partial charge in [-0.1, -0.05) is 16.8 Å². The molecule has 0 bridgehead atoms. The van der Waals surface area contributed by atoms with E-state index < -0.39 is 5.91 Å². The van der Waals surface area contributed by atoms with E-state index >= 15 is 0 Å². The molecule has 4 nitrogen and oxygen atoms in total. The molecule has 0 spiro atoms. The summed E-state index contributed by atoms with van der Waals surface area (Å²) in [4.78, 5) is 20.8. The van der Waals surface area contributed by atoms with Crippen molar-refractivity contribution in [1.29, 1.82) is 0 Å². The van der Waals surface area contributed by atoms with E-state index in [0.717, 1.165) is 5.56 Å². The van der Waals surface area contributed by atoms with Crippen molar-refractivity contribution in [3.63, 3.8) is 0 Å². The molecule has 74 valence electrons. The fourth-order valence-corrected chi connectivity index (χ4v) is 1.10. The highest BCUT2D eigenvalue weighted by molar-refractivity contribution is 6.31. The van der Waals surface area contributed by atoms with Gasteiger partial charge in [0, 0.05) is 10.7 Å². The van der Waals surface area contributed by atoms with Gasteiger partial charge in [0.25, 0.3) is 0 Å². The molecule has 5 heteroatoms. The topological polar surface area (TPSA) is 58.5 Å². The first-order valence-electron chi connectivity index (χ1n) is 3.98. The molecule has 0 fully saturated rings. The van der Waals surface area contributed by atoms with Gasteiger partial charge in [-0.25, -0.2) is 0 Å². The Bertz CT molecular complexity index is 366. The zero-order valence-electron chi connectivity index (χ0n) is 7.58. The first-order valence-corrected chi connectivity index (χ1v) is 4.36. The van der Waals surface area contributed by atoms with Crippen LogP contribution in [0.3, 0.4) is 0 Å². The van der Waals surface area contributed by atoms with E-state index in [1.54, 1.807) is 18.2 Å². The first kappa shape index (κ1) is 10.7. The second-order valence-electron chi connectivity index (χ2n) is 2.80. The normalized spacial score (nSPS) is 9.57. The molecule has 1 N–H and O–H groups in total. The van der Waals surface area contributed by atoms with Crippen LogP contribution in [0.25, 0.3) is 0 Å². The van der Waals surface area contributed by atoms with Gasteiger partial charge in [-0.3, -0.25) is 4.79 Å². The summed E-state index contributed by atoms with van der Waals surface area (Å²) in [5.41, 5.74) is 1.48. The Hall–Kier alpha value is -1.42. The fraction of sp³-hybridized carbons (Fsp3) is 0.222. The molecule has 14 heavy (non-hydrogen) atoms. The highest BCUT2D eigenvalue weighted by Crippen LogP contribution is 2.19. The molecule has 1 rings (SSSR count). The number of aryl methyl sites for hydroxylation is 1. The van der Waals surface area contributed by atoms with Gasteiger partial charge < -0.3 is 5.32 Å². The van der Waals surface area contributed by atoms with Gasteiger partial charge in [0.05, 0.1) is 0 Å². The van der Waals surface area contributed by atoms with Crippen LogP contribution in [-0.4, -0.2) is 12.5 Å². The maximum absolute atomic E-state index is 11.0. The summed E-state index contributed by atoms with van der Waals surface area (Å²) >= 11 is 5.80. The first-order chi connectivity index (χ1) is 6.63. The van der Waals surface area contributed by atoms with Crippen LogP contribution in [0.15, 0.2) is 23.4 Å². The number of rotatable bonds is 3. The quantitative estimate of drug-likeness (QED) is 0.782. The number of carbonyl (C=O) groups excluding carboxylic acids is 1. The second-order valence-corrected chi connectivity index (χ2v) is 3.21. The second kappa shape index (κ2) is 4.72. The van der Waals surface area contributed by atoms with Crippen molar-refractivity contribution in [3.8, 4) is 0 Å². The lowest BCUT2D eigenvalue weighted by Gasteiger charge is -2.04. The van der Waals surface area contributed by atoms with Crippen LogP contribution >= 0.6 is 11.6 Å². The number of nitrogens with one attached hydrogen (secondary N) is 1. The number of benzene rings is 1. The van der Waals surface area contributed by atoms with Crippen LogP contribution in [0.5, 0.6) is 0 Å². The van der Waals surface area contributed by atoms with Gasteiger partial charge in [-0.05, 0) is 30.7 Å². The zero-order valence-corrected chi connectivity index (χ0v) is 8.34. The third-order valence-corrected chi connectivity index (χ3v) is 2.07. The minimum absolute atomic E-state index is 0.373. The molecular weight excluding hydrogens is 204 g/mol. The van der Waals surface area contributed by atoms with E-state index in [0.29, 0.717) is 10.7 Å². The number of carbonyl (C=O) groups is 1. The van der Waals surface area contributed by atoms with Gasteiger partial charge in [-0.2, -0.15) is 4.91 Å². The molecule has 0 saturated carbocycles. The lowest BCUT2D eigenvalue weighted by molar-refractivity contribution is -0.114. The van der Waals surface area contributed by atoms with Crippen molar-refractivity contribution in [2.75, 3.05) is 11.9 Å². The molecular formula is C9H9ClN2O2. The highest BCUT2D eigenvalue weighted by atomic mass is 35.5. The maximum Gasteiger partial charge on any atom is 0.249 e. The monoisotopic (exact) mass is 212 g/mol. The molecule has 1 aromatic carbocycles. The number of halogens is 1. The minimum Gasteiger partial charge on any atom is -0.324 e. The predicted octanol–water partition coefficient (Wildman–Crippen LogP) is 2.35. The molecule has 0 aliphatic heterocycles. The lowest BCUT2D eigenvalue weighted by atomic mass is 10.2. The summed E-state index contributed by atoms with van der Waals surface area (Å²) in [6, 6.07) is 5.07. The molecule has 0 atom stereocenters. The molecule has 0 aliphatic carbocycles. The Labute approximate surface area is 86.2 Å². The van der Waals surface area contributed by atoms with Crippen LogP contribution in [0, 0.1) is 11.8 Å². The van der Waals surface area contributed by atoms with E-state index in [1.165, 1.54) is 0 Å². The Morgan fingerprint density at radius 2 is 2.29 bits per heavy atom. The third-order valence-electron chi connectivity index (χ3n) is 1.65. The summed E-state index contributed by atoms with van der Waals surface area (Å²) < 4.78 is 0. The number of amides is 1. The molecule has 1 aromatic rings. The van der Waals surface area contributed by atoms with Crippen LogP contribution in [-0.2, 0) is 4.79 Å². The fourth-order valence-electron chi connectivity index (χ4n) is 0.982. The van der Waals surface area contributed by atoms with E-state index in [9.17, 15) is 9.70 Å². The zero-order chi connectivity index (χ0) is 10.6. The van der Waals surface area contributed by atoms with Gasteiger partial charge in [0.2, 0.25) is 5.91 Å². The maximum atomic E-state index is 11.0. The number of hydrogen-bond acceptors (Lipinski definition) is 3. The number of hydrogen-bond donors (Lipinski definition) is 1. The van der Waals surface area contributed by atoms with Crippen molar-refractivity contribution >= 4 is 23.2 Å². The van der Waals surface area contributed by atoms with Crippen LogP contribution in [0.2, 0.25) is 5.02 Å². The average Bonchev–Trinajstić information content (AvgIpc) is 2.12. The molecule has 0 unspecified atom stereocenters. The van der Waals surface area contributed by atoms with Crippen LogP contribution < -0.4 is 5.32 Å². The molecule has 0 aliphatic rings. The third kappa shape index (κ3) is 2.81. The number of anilines is 1. The average molecular weight is 213 g/mol. The van der Waals surface area contributed by atoms with Gasteiger partial charge in [-0.15, -0.1) is 0 Å². The van der Waals surface area contributed by atoms with E-state index in [-0.39, 0.29) is 6.54 Å². The predicted molar refractivity (Wildman–Crippen MR) is 55.5 cm³/mol. The smallest absolute Gasteiger partial charge is 0.249 e. The van der Waals surface area contributed by atoms with Crippen molar-refractivity contribution < 1.29 is 4.79 Å². The van der Waals surface area contributed by atoms with Crippen molar-refractivity contribution in [2.24, 2.45) is 5.18 Å². The summed E-state index contributed by atoms with van der Waals surface area (Å²) in [5, 5.41) is 5.64. The molecule has 1 amide bonds. The highest BCUT2D eigenvalue weighted by Gasteiger charge is 2.02. The largest absolute Gasteiger partial charge is 0.324 e. The van der Waals surface area contributed by atoms with Gasteiger partial charge >= 0.3 is 0 Å². The summed E-state index contributed by atoms with van der Waals surface area (Å²) in [7, 11) is 0. The summed E-state index contributed by atoms with van der Waals surface area (Å²) in [6.45, 7) is 1.46. The Balaban J connectivity index is 2.72. The van der Waals surface area contributed by atoms with Crippen molar-refractivity contribution in [2.45, 2.75) is 6.92 Å². The Kier molecular flexibility index (Phi) is 3.59. The van der Waals surface area contributed by atoms with Crippen molar-refractivity contribution in [1.82, 2.24) is 0 Å². The standard InChI is InChI=1S/C9H9ClN2O2/c1-6-4-7(2-3-8(6)10)12-9(13)5-11-14/h2-4H,5H2,1H3,(H,12,13). The molecule has 0 radical (unpaired) electrons. The van der Waals surface area contributed by atoms with E-state index in [2.05, 4.69) is 10.5 Å². The SMILES string of the molecule is Cc1cc(NC(=O)CN=O)ccc1Cl. The van der Waals surface area contributed by atoms with Gasteiger partial charge in [0.1, 0.15) is 0 Å². The van der Waals surface area contributed by atoms with Crippen LogP contribution in [0.1, 0.15) is 5.56 Å². The summed E-state index contributed by atoms with van der Waals surface area (Å²) in [5.74, 6) is -0.429. The molecule has 0 saturated heterocycles. The molecule has 0 aromatic heterocycles. The van der Waals surface area contributed by atoms with Crippen molar-refractivity contribution in [3.05, 3.63) is 33.7 Å². The van der Waals surface area contributed by atoms with E-state index in [4.69, 9.17) is 11.6 Å². The summed E-state index contributed by atoms with van der Waals surface area (Å²) in [6.07, 6.45) is 0. The van der Waals surface area contributed by atoms with Gasteiger partial charge in [0.15, 0.2) is 6.54 Å². The molecule has 0 heterocycles. The minimum atomic E-state index is -0.429. The Morgan fingerprint density at radius 3 is 2.86 bits per heavy atom. The number of nitroso groups, excluding NO2 is 1. The van der Waals surface area contributed by atoms with E-state index in [1.807, 2.05) is 6.92 Å². The van der Waals surface area contributed by atoms with Crippen LogP contribution in [0.4, 0.5) is 5.69 Å². The lowest BCUT2D eigenvalue weighted by Crippen LogP contribution is -2.14. The number of nitrogens with zero attached hydrogens (tertiary/aromatic N) is 1. The Morgan fingerprint density at radius 1 is 1.57 bits per heavy atom.